The van der Waals surface area contributed by atoms with Gasteiger partial charge >= 0.3 is 18.0 Å². The van der Waals surface area contributed by atoms with Gasteiger partial charge in [-0.25, -0.2) is 0 Å². The first kappa shape index (κ1) is 15.9. The van der Waals surface area contributed by atoms with Crippen molar-refractivity contribution in [1.29, 1.82) is 0 Å². The molecule has 0 aromatic carbocycles. The zero-order chi connectivity index (χ0) is 15.5. The van der Waals surface area contributed by atoms with E-state index in [4.69, 9.17) is 5.11 Å². The molecule has 112 valence electrons. The number of alkyl halides is 3. The van der Waals surface area contributed by atoms with Gasteiger partial charge in [0.2, 0.25) is 5.91 Å². The Kier molecular flexibility index (Phi) is 4.69. The van der Waals surface area contributed by atoms with Crippen molar-refractivity contribution in [3.63, 3.8) is 0 Å². The molecule has 0 aliphatic heterocycles. The summed E-state index contributed by atoms with van der Waals surface area (Å²) < 4.78 is 40.5. The van der Waals surface area contributed by atoms with Crippen LogP contribution in [0.1, 0.15) is 25.6 Å². The molecular weight excluding hydrogens is 283 g/mol. The molecule has 7 nitrogen and oxygen atoms in total. The van der Waals surface area contributed by atoms with Crippen LogP contribution in [0.3, 0.4) is 0 Å². The van der Waals surface area contributed by atoms with Gasteiger partial charge in [-0.15, -0.1) is 0 Å². The summed E-state index contributed by atoms with van der Waals surface area (Å²) >= 11 is 0. The minimum atomic E-state index is -4.77. The molecule has 1 rings (SSSR count). The van der Waals surface area contributed by atoms with Crippen LogP contribution in [0.5, 0.6) is 0 Å². The number of carbonyl (C=O) groups excluding carboxylic acids is 1. The molecular formula is C10H12F3N3O4. The predicted octanol–water partition coefficient (Wildman–Crippen LogP) is 1.06. The van der Waals surface area contributed by atoms with Crippen LogP contribution < -0.4 is 5.32 Å². The molecule has 1 amide bonds. The smallest absolute Gasteiger partial charge is 0.471 e. The maximum atomic E-state index is 12.2. The summed E-state index contributed by atoms with van der Waals surface area (Å²) in [4.78, 5) is 25.5. The van der Waals surface area contributed by atoms with Crippen molar-refractivity contribution in [3.05, 3.63) is 11.7 Å². The topological polar surface area (TPSA) is 105 Å². The summed E-state index contributed by atoms with van der Waals surface area (Å²) in [5.41, 5.74) is 0. The van der Waals surface area contributed by atoms with Crippen molar-refractivity contribution in [2.24, 2.45) is 11.8 Å². The van der Waals surface area contributed by atoms with Crippen molar-refractivity contribution >= 4 is 11.9 Å². The molecule has 0 bridgehead atoms. The van der Waals surface area contributed by atoms with Crippen molar-refractivity contribution in [2.75, 3.05) is 0 Å². The second kappa shape index (κ2) is 5.88. The lowest BCUT2D eigenvalue weighted by Crippen LogP contribution is -2.38. The van der Waals surface area contributed by atoms with E-state index in [1.807, 2.05) is 0 Å². The molecule has 1 atom stereocenters. The van der Waals surface area contributed by atoms with E-state index in [2.05, 4.69) is 20.0 Å². The number of carboxylic acid groups (broad SMARTS) is 1. The third kappa shape index (κ3) is 3.93. The van der Waals surface area contributed by atoms with Gasteiger partial charge in [-0.1, -0.05) is 19.0 Å². The summed E-state index contributed by atoms with van der Waals surface area (Å²) in [5.74, 6) is -5.83. The van der Waals surface area contributed by atoms with Gasteiger partial charge in [0.25, 0.3) is 0 Å². The highest BCUT2D eigenvalue weighted by Gasteiger charge is 2.38. The molecule has 0 spiro atoms. The number of aromatic nitrogens is 2. The predicted molar refractivity (Wildman–Crippen MR) is 57.1 cm³/mol. The van der Waals surface area contributed by atoms with Crippen LogP contribution in [0.2, 0.25) is 0 Å². The molecule has 0 radical (unpaired) electrons. The Hall–Kier alpha value is -2.13. The van der Waals surface area contributed by atoms with E-state index in [1.165, 1.54) is 13.8 Å². The monoisotopic (exact) mass is 295 g/mol. The largest absolute Gasteiger partial charge is 0.481 e. The number of nitrogens with zero attached hydrogens (tertiary/aromatic N) is 2. The number of hydrogen-bond donors (Lipinski definition) is 2. The summed E-state index contributed by atoms with van der Waals surface area (Å²) in [6.07, 6.45) is -4.77. The molecule has 0 fully saturated rings. The molecule has 0 saturated heterocycles. The molecule has 2 N–H and O–H groups in total. The van der Waals surface area contributed by atoms with Gasteiger partial charge in [0.1, 0.15) is 5.92 Å². The summed E-state index contributed by atoms with van der Waals surface area (Å²) in [7, 11) is 0. The fraction of sp³-hybridized carbons (Fsp3) is 0.600. The van der Waals surface area contributed by atoms with Crippen molar-refractivity contribution in [2.45, 2.75) is 26.6 Å². The standard InChI is InChI=1S/C10H12F3N3O4/c1-4(2)6(8(18)19)7(17)14-3-5-15-9(20-16-5)10(11,12)13/h4,6H,3H2,1-2H3,(H,14,17)(H,18,19). The minimum absolute atomic E-state index is 0.390. The van der Waals surface area contributed by atoms with Crippen LogP contribution >= 0.6 is 0 Å². The Balaban J connectivity index is 2.65. The third-order valence-electron chi connectivity index (χ3n) is 2.35. The number of hydrogen-bond acceptors (Lipinski definition) is 5. The summed E-state index contributed by atoms with van der Waals surface area (Å²) in [5, 5.41) is 14.1. The van der Waals surface area contributed by atoms with E-state index in [0.29, 0.717) is 0 Å². The lowest BCUT2D eigenvalue weighted by molar-refractivity contribution is -0.159. The fourth-order valence-corrected chi connectivity index (χ4v) is 1.42. The quantitative estimate of drug-likeness (QED) is 0.787. The van der Waals surface area contributed by atoms with Gasteiger partial charge in [-0.05, 0) is 5.92 Å². The molecule has 0 saturated carbocycles. The highest BCUT2D eigenvalue weighted by Crippen LogP contribution is 2.27. The normalized spacial score (nSPS) is 13.3. The van der Waals surface area contributed by atoms with Crippen molar-refractivity contribution < 1.29 is 32.4 Å². The molecule has 1 aromatic rings. The van der Waals surface area contributed by atoms with Crippen LogP contribution in [0.25, 0.3) is 0 Å². The molecule has 20 heavy (non-hydrogen) atoms. The number of halogens is 3. The number of carboxylic acids is 1. The van der Waals surface area contributed by atoms with Gasteiger partial charge < -0.3 is 14.9 Å². The SMILES string of the molecule is CC(C)C(C(=O)O)C(=O)NCc1noc(C(F)(F)F)n1. The van der Waals surface area contributed by atoms with E-state index in [0.717, 1.165) is 0 Å². The first-order valence-corrected chi connectivity index (χ1v) is 5.53. The lowest BCUT2D eigenvalue weighted by Gasteiger charge is -2.14. The Morgan fingerprint density at radius 1 is 1.40 bits per heavy atom. The van der Waals surface area contributed by atoms with Gasteiger partial charge in [0.15, 0.2) is 5.82 Å². The maximum absolute atomic E-state index is 12.2. The second-order valence-corrected chi connectivity index (χ2v) is 4.29. The molecule has 1 aromatic heterocycles. The highest BCUT2D eigenvalue weighted by atomic mass is 19.4. The fourth-order valence-electron chi connectivity index (χ4n) is 1.42. The van der Waals surface area contributed by atoms with E-state index in [9.17, 15) is 22.8 Å². The third-order valence-corrected chi connectivity index (χ3v) is 2.35. The average Bonchev–Trinajstić information content (AvgIpc) is 2.73. The van der Waals surface area contributed by atoms with Gasteiger partial charge in [0.05, 0.1) is 6.54 Å². The highest BCUT2D eigenvalue weighted by molar-refractivity contribution is 5.97. The van der Waals surface area contributed by atoms with E-state index in [-0.39, 0.29) is 0 Å². The van der Waals surface area contributed by atoms with Crippen LogP contribution in [0.4, 0.5) is 13.2 Å². The maximum Gasteiger partial charge on any atom is 0.471 e. The Labute approximate surface area is 111 Å². The molecule has 10 heteroatoms. The minimum Gasteiger partial charge on any atom is -0.481 e. The number of amides is 1. The Morgan fingerprint density at radius 2 is 2.00 bits per heavy atom. The van der Waals surface area contributed by atoms with Gasteiger partial charge in [-0.2, -0.15) is 18.2 Å². The van der Waals surface area contributed by atoms with Crippen LogP contribution in [-0.2, 0) is 22.3 Å². The average molecular weight is 295 g/mol. The van der Waals surface area contributed by atoms with Gasteiger partial charge in [-0.3, -0.25) is 9.59 Å². The van der Waals surface area contributed by atoms with E-state index >= 15 is 0 Å². The zero-order valence-electron chi connectivity index (χ0n) is 10.6. The van der Waals surface area contributed by atoms with Crippen molar-refractivity contribution in [3.8, 4) is 0 Å². The first-order valence-electron chi connectivity index (χ1n) is 5.53. The summed E-state index contributed by atoms with van der Waals surface area (Å²) in [6, 6.07) is 0. The second-order valence-electron chi connectivity index (χ2n) is 4.29. The Bertz CT molecular complexity index is 498. The molecule has 0 aliphatic rings. The summed E-state index contributed by atoms with van der Waals surface area (Å²) in [6.45, 7) is 2.62. The van der Waals surface area contributed by atoms with Crippen LogP contribution in [0, 0.1) is 11.8 Å². The first-order chi connectivity index (χ1) is 9.12. The lowest BCUT2D eigenvalue weighted by atomic mass is 9.95. The van der Waals surface area contributed by atoms with Crippen molar-refractivity contribution in [1.82, 2.24) is 15.5 Å². The molecule has 1 unspecified atom stereocenters. The zero-order valence-corrected chi connectivity index (χ0v) is 10.6. The number of aliphatic carboxylic acids is 1. The van der Waals surface area contributed by atoms with E-state index in [1.54, 1.807) is 0 Å². The molecule has 1 heterocycles. The van der Waals surface area contributed by atoms with Gasteiger partial charge in [0, 0.05) is 0 Å². The number of rotatable bonds is 5. The van der Waals surface area contributed by atoms with Crippen LogP contribution in [0.15, 0.2) is 4.52 Å². The van der Waals surface area contributed by atoms with Crippen LogP contribution in [-0.4, -0.2) is 27.1 Å². The number of nitrogens with one attached hydrogen (secondary N) is 1. The Morgan fingerprint density at radius 3 is 2.40 bits per heavy atom. The van der Waals surface area contributed by atoms with E-state index < -0.39 is 48.1 Å². The number of carbonyl (C=O) groups is 2. The molecule has 0 aliphatic carbocycles.